The molecule has 0 saturated carbocycles. The number of hydrogen-bond donors (Lipinski definition) is 0. The average Bonchev–Trinajstić information content (AvgIpc) is 3.23. The van der Waals surface area contributed by atoms with Crippen LogP contribution in [0.5, 0.6) is 0 Å². The zero-order chi connectivity index (χ0) is 22.4. The zero-order valence-corrected chi connectivity index (χ0v) is 19.9. The maximum atomic E-state index is 14.0. The first-order valence-electron chi connectivity index (χ1n) is 11.1. The van der Waals surface area contributed by atoms with Crippen molar-refractivity contribution in [3.8, 4) is 16.1 Å². The Morgan fingerprint density at radius 1 is 0.970 bits per heavy atom. The summed E-state index contributed by atoms with van der Waals surface area (Å²) in [5.41, 5.74) is 7.02. The Labute approximate surface area is 200 Å². The van der Waals surface area contributed by atoms with Crippen LogP contribution in [0.25, 0.3) is 26.3 Å². The van der Waals surface area contributed by atoms with E-state index >= 15 is 0 Å². The highest BCUT2D eigenvalue weighted by atomic mass is 32.2. The molecular formula is C28H22N2OS2. The summed E-state index contributed by atoms with van der Waals surface area (Å²) in [6.45, 7) is 2.06. The number of aryl methyl sites for hydroxylation is 3. The van der Waals surface area contributed by atoms with E-state index in [-0.39, 0.29) is 5.56 Å². The van der Waals surface area contributed by atoms with Crippen molar-refractivity contribution in [3.05, 3.63) is 111 Å². The fourth-order valence-electron chi connectivity index (χ4n) is 4.58. The molecule has 0 aliphatic heterocycles. The molecule has 3 nitrogen and oxygen atoms in total. The lowest BCUT2D eigenvalue weighted by atomic mass is 9.90. The second-order valence-electron chi connectivity index (χ2n) is 8.40. The predicted octanol–water partition coefficient (Wildman–Crippen LogP) is 6.81. The van der Waals surface area contributed by atoms with Crippen LogP contribution in [0.2, 0.25) is 0 Å². The van der Waals surface area contributed by atoms with Gasteiger partial charge in [0.25, 0.3) is 5.56 Å². The van der Waals surface area contributed by atoms with E-state index < -0.39 is 0 Å². The third-order valence-electron chi connectivity index (χ3n) is 6.17. The number of thioether (sulfide) groups is 1. The third kappa shape index (κ3) is 3.62. The normalized spacial score (nSPS) is 12.5. The Morgan fingerprint density at radius 3 is 2.64 bits per heavy atom. The molecule has 0 unspecified atom stereocenters. The molecule has 0 bridgehead atoms. The van der Waals surface area contributed by atoms with Crippen LogP contribution in [0.4, 0.5) is 0 Å². The van der Waals surface area contributed by atoms with Gasteiger partial charge >= 0.3 is 0 Å². The van der Waals surface area contributed by atoms with Crippen LogP contribution in [0.3, 0.4) is 0 Å². The first-order valence-corrected chi connectivity index (χ1v) is 12.9. The second kappa shape index (κ2) is 8.32. The van der Waals surface area contributed by atoms with Crippen LogP contribution in [-0.4, -0.2) is 9.55 Å². The number of thiophene rings is 1. The van der Waals surface area contributed by atoms with Crippen LogP contribution in [-0.2, 0) is 18.6 Å². The molecule has 1 aliphatic carbocycles. The van der Waals surface area contributed by atoms with Crippen molar-refractivity contribution in [2.75, 3.05) is 0 Å². The predicted molar refractivity (Wildman–Crippen MR) is 139 cm³/mol. The highest BCUT2D eigenvalue weighted by Crippen LogP contribution is 2.42. The van der Waals surface area contributed by atoms with Gasteiger partial charge in [-0.1, -0.05) is 78.5 Å². The Bertz CT molecular complexity index is 1550. The molecule has 5 aromatic rings. The van der Waals surface area contributed by atoms with Crippen molar-refractivity contribution in [1.82, 2.24) is 9.55 Å². The molecule has 0 spiro atoms. The molecule has 0 saturated heterocycles. The minimum absolute atomic E-state index is 0.0399. The Morgan fingerprint density at radius 2 is 1.79 bits per heavy atom. The molecule has 0 atom stereocenters. The minimum atomic E-state index is 0.0399. The molecule has 33 heavy (non-hydrogen) atoms. The fraction of sp³-hybridized carbons (Fsp3) is 0.143. The van der Waals surface area contributed by atoms with E-state index in [1.165, 1.54) is 21.6 Å². The van der Waals surface area contributed by atoms with Gasteiger partial charge in [0.05, 0.1) is 11.1 Å². The van der Waals surface area contributed by atoms with Gasteiger partial charge in [0.1, 0.15) is 4.83 Å². The van der Waals surface area contributed by atoms with Crippen molar-refractivity contribution in [3.63, 3.8) is 0 Å². The average molecular weight is 467 g/mol. The van der Waals surface area contributed by atoms with E-state index in [1.807, 2.05) is 34.9 Å². The lowest BCUT2D eigenvalue weighted by Crippen LogP contribution is -2.22. The third-order valence-corrected chi connectivity index (χ3v) is 8.34. The van der Waals surface area contributed by atoms with Gasteiger partial charge in [0.2, 0.25) is 0 Å². The molecule has 0 amide bonds. The summed E-state index contributed by atoms with van der Waals surface area (Å²) >= 11 is 3.28. The van der Waals surface area contributed by atoms with Gasteiger partial charge in [-0.05, 0) is 59.7 Å². The summed E-state index contributed by atoms with van der Waals surface area (Å²) in [7, 11) is 0. The monoisotopic (exact) mass is 466 g/mol. The highest BCUT2D eigenvalue weighted by Gasteiger charge is 2.25. The van der Waals surface area contributed by atoms with Crippen LogP contribution in [0.1, 0.15) is 22.3 Å². The van der Waals surface area contributed by atoms with Gasteiger partial charge in [0, 0.05) is 10.6 Å². The number of benzene rings is 3. The van der Waals surface area contributed by atoms with Crippen molar-refractivity contribution < 1.29 is 0 Å². The van der Waals surface area contributed by atoms with Crippen molar-refractivity contribution in [1.29, 1.82) is 0 Å². The van der Waals surface area contributed by atoms with Gasteiger partial charge in [-0.25, -0.2) is 4.98 Å². The molecular weight excluding hydrogens is 444 g/mol. The molecule has 6 rings (SSSR count). The Hall–Kier alpha value is -3.15. The maximum absolute atomic E-state index is 14.0. The number of aromatic nitrogens is 2. The zero-order valence-electron chi connectivity index (χ0n) is 18.2. The topological polar surface area (TPSA) is 34.9 Å². The van der Waals surface area contributed by atoms with E-state index in [0.717, 1.165) is 50.8 Å². The van der Waals surface area contributed by atoms with Gasteiger partial charge in [-0.15, -0.1) is 11.3 Å². The van der Waals surface area contributed by atoms with Crippen LogP contribution in [0, 0.1) is 6.92 Å². The van der Waals surface area contributed by atoms with Crippen LogP contribution >= 0.6 is 23.1 Å². The summed E-state index contributed by atoms with van der Waals surface area (Å²) in [5.74, 6) is 0.762. The summed E-state index contributed by atoms with van der Waals surface area (Å²) in [5, 5.41) is 1.53. The lowest BCUT2D eigenvalue weighted by Gasteiger charge is -2.16. The summed E-state index contributed by atoms with van der Waals surface area (Å²) in [6.07, 6.45) is 1.84. The minimum Gasteiger partial charge on any atom is -0.268 e. The van der Waals surface area contributed by atoms with E-state index in [1.54, 1.807) is 23.1 Å². The first-order chi connectivity index (χ1) is 16.2. The summed E-state index contributed by atoms with van der Waals surface area (Å²) in [6, 6.07) is 27.0. The van der Waals surface area contributed by atoms with Crippen LogP contribution in [0.15, 0.2) is 88.8 Å². The van der Waals surface area contributed by atoms with Crippen molar-refractivity contribution in [2.45, 2.75) is 30.7 Å². The molecule has 1 aliphatic rings. The van der Waals surface area contributed by atoms with E-state index in [2.05, 4.69) is 55.5 Å². The van der Waals surface area contributed by atoms with Gasteiger partial charge < -0.3 is 0 Å². The summed E-state index contributed by atoms with van der Waals surface area (Å²) < 4.78 is 1.82. The maximum Gasteiger partial charge on any atom is 0.267 e. The highest BCUT2D eigenvalue weighted by molar-refractivity contribution is 7.98. The van der Waals surface area contributed by atoms with E-state index in [0.29, 0.717) is 0 Å². The molecule has 2 aromatic heterocycles. The second-order valence-corrected chi connectivity index (χ2v) is 10.3. The molecule has 0 N–H and O–H groups in total. The van der Waals surface area contributed by atoms with Crippen molar-refractivity contribution >= 4 is 33.3 Å². The number of fused-ring (bicyclic) bond motifs is 5. The fourth-order valence-corrected chi connectivity index (χ4v) is 6.87. The smallest absolute Gasteiger partial charge is 0.267 e. The molecule has 162 valence electrons. The standard InChI is InChI=1S/C28H22N2OS2/c1-18-8-7-12-21(16-18)30-27(31)24-23-15-14-20-11-5-6-13-22(20)25(23)33-26(24)29-28(30)32-17-19-9-3-2-4-10-19/h2-13,16H,14-15,17H2,1H3. The van der Waals surface area contributed by atoms with Gasteiger partial charge in [-0.3, -0.25) is 9.36 Å². The molecule has 3 aromatic carbocycles. The van der Waals surface area contributed by atoms with E-state index in [4.69, 9.17) is 4.98 Å². The summed E-state index contributed by atoms with van der Waals surface area (Å²) in [4.78, 5) is 21.2. The largest absolute Gasteiger partial charge is 0.268 e. The van der Waals surface area contributed by atoms with Crippen LogP contribution < -0.4 is 5.56 Å². The SMILES string of the molecule is Cc1cccc(-n2c(SCc3ccccc3)nc3sc4c(c3c2=O)CCc2ccccc2-4)c1. The number of rotatable bonds is 4. The van der Waals surface area contributed by atoms with E-state index in [9.17, 15) is 4.79 Å². The molecule has 0 fully saturated rings. The van der Waals surface area contributed by atoms with Gasteiger partial charge in [0.15, 0.2) is 5.16 Å². The first kappa shape index (κ1) is 20.5. The lowest BCUT2D eigenvalue weighted by molar-refractivity contribution is 0.819. The van der Waals surface area contributed by atoms with Gasteiger partial charge in [-0.2, -0.15) is 0 Å². The Kier molecular flexibility index (Phi) is 5.16. The molecule has 5 heteroatoms. The number of hydrogen-bond acceptors (Lipinski definition) is 4. The number of nitrogens with zero attached hydrogens (tertiary/aromatic N) is 2. The molecule has 2 heterocycles. The Balaban J connectivity index is 1.57. The quantitative estimate of drug-likeness (QED) is 0.215. The van der Waals surface area contributed by atoms with Crippen molar-refractivity contribution in [2.24, 2.45) is 0 Å². The molecule has 0 radical (unpaired) electrons.